The smallest absolute Gasteiger partial charge is 0.119 e. The number of nitrogens with one attached hydrogen (secondary N) is 1. The standard InChI is InChI=1S/C15H24ClNO2/c1-4-8-17-10-15(3,18)11-19-13-6-7-14(16)12(5-2)9-13/h6-7,9,17-18H,4-5,8,10-11H2,1-3H3. The number of ether oxygens (including phenoxy) is 1. The van der Waals surface area contributed by atoms with E-state index in [-0.39, 0.29) is 6.61 Å². The van der Waals surface area contributed by atoms with Crippen LogP contribution in [0.1, 0.15) is 32.8 Å². The molecule has 1 atom stereocenters. The van der Waals surface area contributed by atoms with Crippen LogP contribution < -0.4 is 10.1 Å². The maximum atomic E-state index is 10.2. The summed E-state index contributed by atoms with van der Waals surface area (Å²) in [6.07, 6.45) is 1.92. The summed E-state index contributed by atoms with van der Waals surface area (Å²) in [4.78, 5) is 0. The SMILES string of the molecule is CCCNCC(C)(O)COc1ccc(Cl)c(CC)c1. The van der Waals surface area contributed by atoms with Crippen molar-refractivity contribution in [1.82, 2.24) is 5.32 Å². The highest BCUT2D eigenvalue weighted by Gasteiger charge is 2.20. The van der Waals surface area contributed by atoms with Crippen molar-refractivity contribution in [2.24, 2.45) is 0 Å². The van der Waals surface area contributed by atoms with Crippen molar-refractivity contribution in [3.63, 3.8) is 0 Å². The van der Waals surface area contributed by atoms with E-state index in [2.05, 4.69) is 19.2 Å². The summed E-state index contributed by atoms with van der Waals surface area (Å²) in [5.74, 6) is 0.747. The second-order valence-electron chi connectivity index (χ2n) is 5.07. The molecule has 0 aromatic heterocycles. The highest BCUT2D eigenvalue weighted by Crippen LogP contribution is 2.23. The Balaban J connectivity index is 2.51. The average molecular weight is 286 g/mol. The molecule has 19 heavy (non-hydrogen) atoms. The molecule has 0 amide bonds. The Morgan fingerprint density at radius 3 is 2.74 bits per heavy atom. The highest BCUT2D eigenvalue weighted by molar-refractivity contribution is 6.31. The van der Waals surface area contributed by atoms with Gasteiger partial charge in [0.05, 0.1) is 0 Å². The fourth-order valence-electron chi connectivity index (χ4n) is 1.74. The third kappa shape index (κ3) is 5.81. The van der Waals surface area contributed by atoms with Crippen molar-refractivity contribution in [3.05, 3.63) is 28.8 Å². The van der Waals surface area contributed by atoms with Crippen molar-refractivity contribution in [1.29, 1.82) is 0 Å². The van der Waals surface area contributed by atoms with E-state index >= 15 is 0 Å². The first-order chi connectivity index (χ1) is 8.98. The lowest BCUT2D eigenvalue weighted by Crippen LogP contribution is -2.43. The van der Waals surface area contributed by atoms with Crippen LogP contribution in [0.3, 0.4) is 0 Å². The van der Waals surface area contributed by atoms with Crippen molar-refractivity contribution >= 4 is 11.6 Å². The monoisotopic (exact) mass is 285 g/mol. The number of halogens is 1. The van der Waals surface area contributed by atoms with E-state index in [4.69, 9.17) is 16.3 Å². The van der Waals surface area contributed by atoms with Gasteiger partial charge >= 0.3 is 0 Å². The molecule has 1 unspecified atom stereocenters. The van der Waals surface area contributed by atoms with Crippen LogP contribution in [-0.4, -0.2) is 30.4 Å². The molecule has 0 saturated carbocycles. The topological polar surface area (TPSA) is 41.5 Å². The summed E-state index contributed by atoms with van der Waals surface area (Å²) in [6.45, 7) is 7.60. The molecule has 4 heteroatoms. The van der Waals surface area contributed by atoms with Crippen LogP contribution in [0.4, 0.5) is 0 Å². The van der Waals surface area contributed by atoms with Crippen molar-refractivity contribution in [2.75, 3.05) is 19.7 Å². The third-order valence-electron chi connectivity index (χ3n) is 2.88. The maximum absolute atomic E-state index is 10.2. The second kappa shape index (κ2) is 7.73. The molecule has 108 valence electrons. The van der Waals surface area contributed by atoms with E-state index < -0.39 is 5.60 Å². The van der Waals surface area contributed by atoms with E-state index in [0.29, 0.717) is 6.54 Å². The van der Waals surface area contributed by atoms with Crippen molar-refractivity contribution < 1.29 is 9.84 Å². The molecule has 0 fully saturated rings. The zero-order valence-corrected chi connectivity index (χ0v) is 12.8. The first-order valence-corrected chi connectivity index (χ1v) is 7.20. The van der Waals surface area contributed by atoms with E-state index in [9.17, 15) is 5.11 Å². The summed E-state index contributed by atoms with van der Waals surface area (Å²) in [5.41, 5.74) is 0.184. The molecule has 0 aliphatic heterocycles. The zero-order chi connectivity index (χ0) is 14.3. The van der Waals surface area contributed by atoms with Gasteiger partial charge in [0.25, 0.3) is 0 Å². The van der Waals surface area contributed by atoms with Crippen LogP contribution in [0.5, 0.6) is 5.75 Å². The molecule has 0 spiro atoms. The Morgan fingerprint density at radius 1 is 1.37 bits per heavy atom. The number of rotatable bonds is 8. The molecule has 1 aromatic carbocycles. The number of hydrogen-bond acceptors (Lipinski definition) is 3. The van der Waals surface area contributed by atoms with Gasteiger partial charge in [0.2, 0.25) is 0 Å². The summed E-state index contributed by atoms with van der Waals surface area (Å²) in [7, 11) is 0. The largest absolute Gasteiger partial charge is 0.491 e. The van der Waals surface area contributed by atoms with Gasteiger partial charge in [-0.05, 0) is 50.1 Å². The molecular weight excluding hydrogens is 262 g/mol. The van der Waals surface area contributed by atoms with Crippen LogP contribution in [-0.2, 0) is 6.42 Å². The molecular formula is C15H24ClNO2. The molecule has 0 heterocycles. The van der Waals surface area contributed by atoms with Gasteiger partial charge < -0.3 is 15.2 Å². The fourth-order valence-corrected chi connectivity index (χ4v) is 1.99. The van der Waals surface area contributed by atoms with Gasteiger partial charge in [0.15, 0.2) is 0 Å². The average Bonchev–Trinajstić information content (AvgIpc) is 2.38. The molecule has 2 N–H and O–H groups in total. The normalized spacial score (nSPS) is 14.2. The third-order valence-corrected chi connectivity index (χ3v) is 3.25. The minimum Gasteiger partial charge on any atom is -0.491 e. The van der Waals surface area contributed by atoms with Crippen LogP contribution in [0.2, 0.25) is 5.02 Å². The van der Waals surface area contributed by atoms with E-state index in [0.717, 1.165) is 35.7 Å². The van der Waals surface area contributed by atoms with Gasteiger partial charge in [-0.25, -0.2) is 0 Å². The van der Waals surface area contributed by atoms with Gasteiger partial charge in [0.1, 0.15) is 18.0 Å². The Bertz CT molecular complexity index is 394. The lowest BCUT2D eigenvalue weighted by Gasteiger charge is -2.24. The van der Waals surface area contributed by atoms with Crippen molar-refractivity contribution in [2.45, 2.75) is 39.2 Å². The molecule has 1 rings (SSSR count). The minimum atomic E-state index is -0.874. The van der Waals surface area contributed by atoms with Crippen LogP contribution in [0, 0.1) is 0 Å². The minimum absolute atomic E-state index is 0.258. The Hall–Kier alpha value is -0.770. The highest BCUT2D eigenvalue weighted by atomic mass is 35.5. The molecule has 0 aliphatic rings. The molecule has 0 aliphatic carbocycles. The summed E-state index contributed by atoms with van der Waals surface area (Å²) in [5, 5.41) is 14.1. The quantitative estimate of drug-likeness (QED) is 0.722. The zero-order valence-electron chi connectivity index (χ0n) is 12.0. The van der Waals surface area contributed by atoms with Crippen LogP contribution >= 0.6 is 11.6 Å². The first kappa shape index (κ1) is 16.3. The van der Waals surface area contributed by atoms with Crippen molar-refractivity contribution in [3.8, 4) is 5.75 Å². The van der Waals surface area contributed by atoms with Gasteiger partial charge in [-0.2, -0.15) is 0 Å². The lowest BCUT2D eigenvalue weighted by atomic mass is 10.1. The molecule has 1 aromatic rings. The van der Waals surface area contributed by atoms with Crippen LogP contribution in [0.25, 0.3) is 0 Å². The number of aliphatic hydroxyl groups is 1. The Labute approximate surface area is 120 Å². The lowest BCUT2D eigenvalue weighted by molar-refractivity contribution is 0.0124. The number of hydrogen-bond donors (Lipinski definition) is 2. The van der Waals surface area contributed by atoms with Crippen LogP contribution in [0.15, 0.2) is 18.2 Å². The van der Waals surface area contributed by atoms with E-state index in [1.807, 2.05) is 18.2 Å². The Kier molecular flexibility index (Phi) is 6.63. The Morgan fingerprint density at radius 2 is 2.11 bits per heavy atom. The second-order valence-corrected chi connectivity index (χ2v) is 5.48. The number of benzene rings is 1. The molecule has 0 radical (unpaired) electrons. The van der Waals surface area contributed by atoms with Gasteiger partial charge in [-0.15, -0.1) is 0 Å². The van der Waals surface area contributed by atoms with Gasteiger partial charge in [-0.1, -0.05) is 25.4 Å². The van der Waals surface area contributed by atoms with Gasteiger partial charge in [0, 0.05) is 11.6 Å². The van der Waals surface area contributed by atoms with E-state index in [1.165, 1.54) is 0 Å². The van der Waals surface area contributed by atoms with E-state index in [1.54, 1.807) is 6.92 Å². The summed E-state index contributed by atoms with van der Waals surface area (Å²) in [6, 6.07) is 5.59. The number of aryl methyl sites for hydroxylation is 1. The fraction of sp³-hybridized carbons (Fsp3) is 0.600. The summed E-state index contributed by atoms with van der Waals surface area (Å²) >= 11 is 6.06. The molecule has 0 saturated heterocycles. The molecule has 0 bridgehead atoms. The predicted octanol–water partition coefficient (Wildman–Crippen LogP) is 3.03. The maximum Gasteiger partial charge on any atom is 0.119 e. The molecule has 3 nitrogen and oxygen atoms in total. The predicted molar refractivity (Wildman–Crippen MR) is 80.1 cm³/mol. The first-order valence-electron chi connectivity index (χ1n) is 6.83. The van der Waals surface area contributed by atoms with Gasteiger partial charge in [-0.3, -0.25) is 0 Å². The summed E-state index contributed by atoms with van der Waals surface area (Å²) < 4.78 is 5.65.